The molecule has 0 saturated carbocycles. The summed E-state index contributed by atoms with van der Waals surface area (Å²) in [6, 6.07) is 2.14. The first-order valence-electron chi connectivity index (χ1n) is 5.24. The SMILES string of the molecule is CCc1cc(C(=O)N(C)C2CNC2)n[nH]1. The summed E-state index contributed by atoms with van der Waals surface area (Å²) in [7, 11) is 1.83. The number of likely N-dealkylation sites (N-methyl/N-ethyl adjacent to an activating group) is 1. The second kappa shape index (κ2) is 4.02. The monoisotopic (exact) mass is 208 g/mol. The number of rotatable bonds is 3. The Morgan fingerprint density at radius 1 is 1.67 bits per heavy atom. The van der Waals surface area contributed by atoms with Crippen LogP contribution in [0.1, 0.15) is 23.1 Å². The summed E-state index contributed by atoms with van der Waals surface area (Å²) in [6.07, 6.45) is 0.870. The molecule has 82 valence electrons. The number of aromatic amines is 1. The van der Waals surface area contributed by atoms with E-state index in [1.807, 2.05) is 20.0 Å². The van der Waals surface area contributed by atoms with Gasteiger partial charge < -0.3 is 10.2 Å². The molecule has 0 unspecified atom stereocenters. The Labute approximate surface area is 88.8 Å². The van der Waals surface area contributed by atoms with Gasteiger partial charge in [-0.1, -0.05) is 6.92 Å². The van der Waals surface area contributed by atoms with Crippen LogP contribution in [0.5, 0.6) is 0 Å². The van der Waals surface area contributed by atoms with Gasteiger partial charge in [-0.3, -0.25) is 9.89 Å². The van der Waals surface area contributed by atoms with Crippen molar-refractivity contribution in [2.24, 2.45) is 0 Å². The summed E-state index contributed by atoms with van der Waals surface area (Å²) in [4.78, 5) is 13.7. The Hall–Kier alpha value is -1.36. The highest BCUT2D eigenvalue weighted by atomic mass is 16.2. The molecule has 0 bridgehead atoms. The lowest BCUT2D eigenvalue weighted by Gasteiger charge is -2.35. The number of carbonyl (C=O) groups excluding carboxylic acids is 1. The second-order valence-electron chi connectivity index (χ2n) is 3.86. The average molecular weight is 208 g/mol. The van der Waals surface area contributed by atoms with Crippen LogP contribution in [0, 0.1) is 0 Å². The Bertz CT molecular complexity index is 356. The van der Waals surface area contributed by atoms with E-state index < -0.39 is 0 Å². The summed E-state index contributed by atoms with van der Waals surface area (Å²) < 4.78 is 0. The number of H-pyrrole nitrogens is 1. The standard InChI is InChI=1S/C10H16N4O/c1-3-7-4-9(13-12-7)10(15)14(2)8-5-11-6-8/h4,8,11H,3,5-6H2,1-2H3,(H,12,13). The summed E-state index contributed by atoms with van der Waals surface area (Å²) >= 11 is 0. The zero-order valence-corrected chi connectivity index (χ0v) is 9.08. The number of nitrogens with zero attached hydrogens (tertiary/aromatic N) is 2. The van der Waals surface area contributed by atoms with Gasteiger partial charge >= 0.3 is 0 Å². The van der Waals surface area contributed by atoms with Crippen molar-refractivity contribution in [3.63, 3.8) is 0 Å². The Morgan fingerprint density at radius 2 is 2.40 bits per heavy atom. The maximum Gasteiger partial charge on any atom is 0.274 e. The molecule has 5 heteroatoms. The second-order valence-corrected chi connectivity index (χ2v) is 3.86. The molecule has 1 aliphatic rings. The zero-order chi connectivity index (χ0) is 10.8. The van der Waals surface area contributed by atoms with Gasteiger partial charge in [0.1, 0.15) is 5.69 Å². The molecule has 1 saturated heterocycles. The van der Waals surface area contributed by atoms with Crippen LogP contribution in [0.3, 0.4) is 0 Å². The molecule has 1 amide bonds. The van der Waals surface area contributed by atoms with Gasteiger partial charge in [0.2, 0.25) is 0 Å². The molecule has 2 heterocycles. The molecule has 2 N–H and O–H groups in total. The van der Waals surface area contributed by atoms with Crippen LogP contribution in [-0.4, -0.2) is 47.2 Å². The van der Waals surface area contributed by atoms with Crippen LogP contribution in [-0.2, 0) is 6.42 Å². The lowest BCUT2D eigenvalue weighted by molar-refractivity contribution is 0.0675. The van der Waals surface area contributed by atoms with E-state index in [0.717, 1.165) is 25.2 Å². The van der Waals surface area contributed by atoms with Crippen LogP contribution in [0.2, 0.25) is 0 Å². The molecule has 5 nitrogen and oxygen atoms in total. The fourth-order valence-corrected chi connectivity index (χ4v) is 1.55. The normalized spacial score (nSPS) is 16.1. The van der Waals surface area contributed by atoms with Gasteiger partial charge in [-0.25, -0.2) is 0 Å². The third-order valence-electron chi connectivity index (χ3n) is 2.86. The molecule has 1 aromatic heterocycles. The minimum atomic E-state index is -0.00236. The first-order chi connectivity index (χ1) is 7.22. The van der Waals surface area contributed by atoms with E-state index in [2.05, 4.69) is 15.5 Å². The van der Waals surface area contributed by atoms with Crippen LogP contribution >= 0.6 is 0 Å². The maximum atomic E-state index is 11.9. The van der Waals surface area contributed by atoms with Crippen molar-refractivity contribution in [1.82, 2.24) is 20.4 Å². The van der Waals surface area contributed by atoms with E-state index in [9.17, 15) is 4.79 Å². The number of amides is 1. The number of aromatic nitrogens is 2. The number of nitrogens with one attached hydrogen (secondary N) is 2. The number of hydrogen-bond donors (Lipinski definition) is 2. The maximum absolute atomic E-state index is 11.9. The highest BCUT2D eigenvalue weighted by Crippen LogP contribution is 2.08. The topological polar surface area (TPSA) is 61.0 Å². The molecule has 0 spiro atoms. The lowest BCUT2D eigenvalue weighted by Crippen LogP contribution is -2.57. The van der Waals surface area contributed by atoms with Gasteiger partial charge in [0.15, 0.2) is 0 Å². The minimum Gasteiger partial charge on any atom is -0.335 e. The summed E-state index contributed by atoms with van der Waals surface area (Å²) in [5.41, 5.74) is 1.51. The van der Waals surface area contributed by atoms with Crippen LogP contribution < -0.4 is 5.32 Å². The van der Waals surface area contributed by atoms with Gasteiger partial charge in [-0.05, 0) is 12.5 Å². The smallest absolute Gasteiger partial charge is 0.274 e. The van der Waals surface area contributed by atoms with Gasteiger partial charge in [-0.15, -0.1) is 0 Å². The summed E-state index contributed by atoms with van der Waals surface area (Å²) in [5, 5.41) is 10.0. The van der Waals surface area contributed by atoms with Gasteiger partial charge in [0, 0.05) is 25.8 Å². The number of carbonyl (C=O) groups is 1. The zero-order valence-electron chi connectivity index (χ0n) is 9.08. The summed E-state index contributed by atoms with van der Waals surface area (Å²) in [6.45, 7) is 3.79. The van der Waals surface area contributed by atoms with E-state index in [1.54, 1.807) is 4.90 Å². The van der Waals surface area contributed by atoms with E-state index >= 15 is 0 Å². The van der Waals surface area contributed by atoms with Crippen molar-refractivity contribution in [3.05, 3.63) is 17.5 Å². The number of hydrogen-bond acceptors (Lipinski definition) is 3. The highest BCUT2D eigenvalue weighted by Gasteiger charge is 2.27. The predicted molar refractivity (Wildman–Crippen MR) is 56.7 cm³/mol. The molecule has 1 aliphatic heterocycles. The Balaban J connectivity index is 2.05. The largest absolute Gasteiger partial charge is 0.335 e. The lowest BCUT2D eigenvalue weighted by atomic mass is 10.1. The number of aryl methyl sites for hydroxylation is 1. The molecule has 1 fully saturated rings. The average Bonchev–Trinajstić information content (AvgIpc) is 2.61. The van der Waals surface area contributed by atoms with Gasteiger partial charge in [0.25, 0.3) is 5.91 Å². The fourth-order valence-electron chi connectivity index (χ4n) is 1.55. The van der Waals surface area contributed by atoms with Crippen LogP contribution in [0.15, 0.2) is 6.07 Å². The van der Waals surface area contributed by atoms with Crippen LogP contribution in [0.4, 0.5) is 0 Å². The van der Waals surface area contributed by atoms with Crippen molar-refractivity contribution in [2.45, 2.75) is 19.4 Å². The molecule has 1 aromatic rings. The van der Waals surface area contributed by atoms with Crippen molar-refractivity contribution >= 4 is 5.91 Å². The third-order valence-corrected chi connectivity index (χ3v) is 2.86. The van der Waals surface area contributed by atoms with E-state index in [0.29, 0.717) is 11.7 Å². The first-order valence-corrected chi connectivity index (χ1v) is 5.24. The fraction of sp³-hybridized carbons (Fsp3) is 0.600. The molecular weight excluding hydrogens is 192 g/mol. The molecule has 15 heavy (non-hydrogen) atoms. The van der Waals surface area contributed by atoms with Crippen molar-refractivity contribution < 1.29 is 4.79 Å². The van der Waals surface area contributed by atoms with Crippen molar-refractivity contribution in [1.29, 1.82) is 0 Å². The van der Waals surface area contributed by atoms with E-state index in [1.165, 1.54) is 0 Å². The predicted octanol–water partition coefficient (Wildman–Crippen LogP) is 0.0159. The molecule has 0 atom stereocenters. The highest BCUT2D eigenvalue weighted by molar-refractivity contribution is 5.92. The van der Waals surface area contributed by atoms with Crippen molar-refractivity contribution in [2.75, 3.05) is 20.1 Å². The molecule has 2 rings (SSSR count). The van der Waals surface area contributed by atoms with Gasteiger partial charge in [-0.2, -0.15) is 5.10 Å². The van der Waals surface area contributed by atoms with E-state index in [-0.39, 0.29) is 5.91 Å². The molecular formula is C10H16N4O. The van der Waals surface area contributed by atoms with E-state index in [4.69, 9.17) is 0 Å². The quantitative estimate of drug-likeness (QED) is 0.736. The first kappa shape index (κ1) is 10.2. The molecule has 0 aromatic carbocycles. The third kappa shape index (κ3) is 1.87. The van der Waals surface area contributed by atoms with Gasteiger partial charge in [0.05, 0.1) is 6.04 Å². The minimum absolute atomic E-state index is 0.00236. The van der Waals surface area contributed by atoms with Crippen molar-refractivity contribution in [3.8, 4) is 0 Å². The molecule has 0 radical (unpaired) electrons. The summed E-state index contributed by atoms with van der Waals surface area (Å²) in [5.74, 6) is -0.00236. The van der Waals surface area contributed by atoms with Crippen LogP contribution in [0.25, 0.3) is 0 Å². The Kier molecular flexibility index (Phi) is 2.73. The molecule has 0 aliphatic carbocycles. The Morgan fingerprint density at radius 3 is 2.87 bits per heavy atom.